The highest BCUT2D eigenvalue weighted by Crippen LogP contribution is 2.26. The molecule has 18 heteroatoms. The molecule has 2 fully saturated rings. The molecule has 0 saturated carbocycles. The van der Waals surface area contributed by atoms with Crippen molar-refractivity contribution in [3.63, 3.8) is 0 Å². The molecule has 2 saturated heterocycles. The maximum absolute atomic E-state index is 14.6. The summed E-state index contributed by atoms with van der Waals surface area (Å²) in [6.07, 6.45) is -4.87. The zero-order valence-corrected chi connectivity index (χ0v) is 40.4. The number of esters is 2. The molecular formula is C47H73N5O13. The van der Waals surface area contributed by atoms with Gasteiger partial charge in [-0.15, -0.1) is 0 Å². The number of alkyl carbamates (subject to hydrolysis) is 1. The first kappa shape index (κ1) is 54.1. The van der Waals surface area contributed by atoms with E-state index in [1.54, 1.807) is 72.7 Å². The number of carbonyl (C=O) groups excluding carboxylic acids is 8. The van der Waals surface area contributed by atoms with Gasteiger partial charge in [0.2, 0.25) is 23.6 Å². The van der Waals surface area contributed by atoms with Gasteiger partial charge in [0.15, 0.2) is 11.9 Å². The number of hydrogen-bond donors (Lipinski definition) is 4. The molecular weight excluding hydrogens is 843 g/mol. The third kappa shape index (κ3) is 15.1. The van der Waals surface area contributed by atoms with E-state index in [0.717, 1.165) is 0 Å². The predicted molar refractivity (Wildman–Crippen MR) is 239 cm³/mol. The number of ether oxygens (including phenoxy) is 4. The molecule has 1 unspecified atom stereocenters. The smallest absolute Gasteiger partial charge is 0.408 e. The molecule has 2 aliphatic rings. The number of nitrogens with one attached hydrogen (secondary N) is 3. The van der Waals surface area contributed by atoms with Crippen LogP contribution in [0.3, 0.4) is 0 Å². The number of benzene rings is 1. The molecule has 1 aromatic carbocycles. The van der Waals surface area contributed by atoms with E-state index in [9.17, 15) is 43.5 Å². The summed E-state index contributed by atoms with van der Waals surface area (Å²) in [7, 11) is 2.92. The number of cyclic esters (lactones) is 2. The Morgan fingerprint density at radius 3 is 2.12 bits per heavy atom. The Balaban J connectivity index is 2.21. The van der Waals surface area contributed by atoms with Gasteiger partial charge in [0, 0.05) is 20.0 Å². The Morgan fingerprint density at radius 2 is 1.57 bits per heavy atom. The number of fused-ring (bicyclic) bond motifs is 1. The van der Waals surface area contributed by atoms with Crippen LogP contribution in [0.15, 0.2) is 24.3 Å². The summed E-state index contributed by atoms with van der Waals surface area (Å²) in [4.78, 5) is 115. The van der Waals surface area contributed by atoms with Gasteiger partial charge >= 0.3 is 18.0 Å². The molecule has 18 nitrogen and oxygen atoms in total. The Labute approximate surface area is 383 Å². The van der Waals surface area contributed by atoms with E-state index in [1.165, 1.54) is 37.8 Å². The van der Waals surface area contributed by atoms with Crippen molar-refractivity contribution < 1.29 is 62.4 Å². The fraction of sp³-hybridized carbons (Fsp3) is 0.702. The van der Waals surface area contributed by atoms with Crippen LogP contribution in [-0.4, -0.2) is 137 Å². The average molecular weight is 916 g/mol. The predicted octanol–water partition coefficient (Wildman–Crippen LogP) is 3.48. The summed E-state index contributed by atoms with van der Waals surface area (Å²) >= 11 is 0. The lowest BCUT2D eigenvalue weighted by Gasteiger charge is -2.35. The highest BCUT2D eigenvalue weighted by molar-refractivity contribution is 6.05. The summed E-state index contributed by atoms with van der Waals surface area (Å²) in [6, 6.07) is 0.566. The summed E-state index contributed by atoms with van der Waals surface area (Å²) in [5, 5.41) is 19.5. The number of nitrogens with zero attached hydrogens (tertiary/aromatic N) is 2. The van der Waals surface area contributed by atoms with Gasteiger partial charge in [-0.25, -0.2) is 9.59 Å². The number of carbonyl (C=O) groups is 8. The lowest BCUT2D eigenvalue weighted by atomic mass is 9.91. The Morgan fingerprint density at radius 1 is 0.938 bits per heavy atom. The highest BCUT2D eigenvalue weighted by Gasteiger charge is 2.44. The van der Waals surface area contributed by atoms with E-state index < -0.39 is 126 Å². The van der Waals surface area contributed by atoms with E-state index in [4.69, 9.17) is 18.9 Å². The Bertz CT molecular complexity index is 1850. The van der Waals surface area contributed by atoms with Crippen molar-refractivity contribution in [2.75, 3.05) is 20.7 Å². The normalized spacial score (nSPS) is 27.9. The largest absolute Gasteiger partial charge is 0.497 e. The summed E-state index contributed by atoms with van der Waals surface area (Å²) in [5.74, 6) is -7.44. The highest BCUT2D eigenvalue weighted by atomic mass is 16.6. The van der Waals surface area contributed by atoms with Gasteiger partial charge in [0.25, 0.3) is 0 Å². The van der Waals surface area contributed by atoms with Crippen LogP contribution in [0.5, 0.6) is 5.75 Å². The van der Waals surface area contributed by atoms with Crippen LogP contribution in [0, 0.1) is 23.7 Å². The fourth-order valence-corrected chi connectivity index (χ4v) is 7.90. The molecule has 3 rings (SSSR count). The van der Waals surface area contributed by atoms with Gasteiger partial charge in [0.1, 0.15) is 41.6 Å². The van der Waals surface area contributed by atoms with E-state index in [0.29, 0.717) is 24.2 Å². The molecule has 0 spiro atoms. The second-order valence-corrected chi connectivity index (χ2v) is 19.1. The molecule has 2 heterocycles. The molecule has 364 valence electrons. The van der Waals surface area contributed by atoms with Crippen molar-refractivity contribution in [2.45, 2.75) is 169 Å². The van der Waals surface area contributed by atoms with Crippen molar-refractivity contribution in [3.05, 3.63) is 29.8 Å². The van der Waals surface area contributed by atoms with Crippen LogP contribution in [0.4, 0.5) is 4.79 Å². The molecule has 2 aliphatic heterocycles. The minimum absolute atomic E-state index is 0.0670. The second kappa shape index (κ2) is 23.8. The lowest BCUT2D eigenvalue weighted by Crippen LogP contribution is -2.60. The fourth-order valence-electron chi connectivity index (χ4n) is 7.90. The Hall–Kier alpha value is -5.26. The van der Waals surface area contributed by atoms with Crippen molar-refractivity contribution in [1.82, 2.24) is 25.8 Å². The second-order valence-electron chi connectivity index (χ2n) is 19.1. The monoisotopic (exact) mass is 916 g/mol. The first-order valence-corrected chi connectivity index (χ1v) is 22.7. The molecule has 0 radical (unpaired) electrons. The number of amides is 5. The van der Waals surface area contributed by atoms with Crippen molar-refractivity contribution >= 4 is 47.4 Å². The molecule has 10 atom stereocenters. The lowest BCUT2D eigenvalue weighted by molar-refractivity contribution is -0.162. The van der Waals surface area contributed by atoms with E-state index >= 15 is 0 Å². The number of aliphatic hydroxyl groups is 1. The number of likely N-dealkylation sites (N-methyl/N-ethyl adjacent to an activating group) is 1. The molecule has 0 aliphatic carbocycles. The van der Waals surface area contributed by atoms with Crippen LogP contribution in [0.25, 0.3) is 0 Å². The van der Waals surface area contributed by atoms with Crippen LogP contribution >= 0.6 is 0 Å². The number of rotatable bonds is 9. The van der Waals surface area contributed by atoms with E-state index in [1.807, 2.05) is 13.8 Å². The van der Waals surface area contributed by atoms with Gasteiger partial charge in [-0.05, 0) is 89.3 Å². The van der Waals surface area contributed by atoms with E-state index in [-0.39, 0.29) is 31.7 Å². The van der Waals surface area contributed by atoms with Gasteiger partial charge < -0.3 is 49.8 Å². The number of Topliss-reactive ketones (excluding diaryl/α,β-unsaturated/α-hetero) is 1. The zero-order valence-electron chi connectivity index (χ0n) is 40.4. The number of hydrogen-bond acceptors (Lipinski definition) is 13. The molecule has 5 amide bonds. The summed E-state index contributed by atoms with van der Waals surface area (Å²) in [6.45, 7) is 18.3. The van der Waals surface area contributed by atoms with E-state index in [2.05, 4.69) is 16.0 Å². The maximum atomic E-state index is 14.6. The van der Waals surface area contributed by atoms with Crippen molar-refractivity contribution in [1.29, 1.82) is 0 Å². The molecule has 0 aromatic heterocycles. The topological polar surface area (TPSA) is 236 Å². The maximum Gasteiger partial charge on any atom is 0.408 e. The summed E-state index contributed by atoms with van der Waals surface area (Å²) < 4.78 is 22.4. The van der Waals surface area contributed by atoms with Crippen molar-refractivity contribution in [2.24, 2.45) is 23.7 Å². The summed E-state index contributed by atoms with van der Waals surface area (Å²) in [5.41, 5.74) is -0.377. The molecule has 4 N–H and O–H groups in total. The number of methoxy groups -OCH3 is 1. The Kier molecular flexibility index (Phi) is 19.8. The van der Waals surface area contributed by atoms with Crippen LogP contribution < -0.4 is 20.7 Å². The minimum atomic E-state index is -1.63. The average Bonchev–Trinajstić information content (AvgIpc) is 3.72. The quantitative estimate of drug-likeness (QED) is 0.158. The van der Waals surface area contributed by atoms with Gasteiger partial charge in [-0.2, -0.15) is 0 Å². The third-order valence-electron chi connectivity index (χ3n) is 11.9. The van der Waals surface area contributed by atoms with Crippen LogP contribution in [0.1, 0.15) is 114 Å². The van der Waals surface area contributed by atoms with Crippen molar-refractivity contribution in [3.8, 4) is 5.75 Å². The molecule has 0 bridgehead atoms. The zero-order chi connectivity index (χ0) is 49.1. The van der Waals surface area contributed by atoms with Crippen LogP contribution in [0.2, 0.25) is 0 Å². The first-order chi connectivity index (χ1) is 30.3. The first-order valence-electron chi connectivity index (χ1n) is 22.7. The third-order valence-corrected chi connectivity index (χ3v) is 11.9. The minimum Gasteiger partial charge on any atom is -0.497 e. The molecule has 1 aromatic rings. The number of ketones is 1. The van der Waals surface area contributed by atoms with Gasteiger partial charge in [0.05, 0.1) is 31.6 Å². The van der Waals surface area contributed by atoms with Gasteiger partial charge in [-0.3, -0.25) is 28.8 Å². The SMILES string of the molecule is CC[C@H](C)[C@H]1NC(=O)[C@@H](NC(=O)OC(C)(C)C)[C@@H](C)OC(=O)[C@H](Cc2ccc(OC)cc2)N(C)C(=O)C2CCCN2C(=O)[C@H](CC(C)C)NC(=O)[C@@H](C)C(=O)[C@H](C(C)C)OC(=O)C[C@@H]1O. The standard InChI is InChI=1S/C47H73N5O13/c1-14-27(6)37-35(53)24-36(54)64-40(26(4)5)39(55)28(7)41(56)48-32(22-25(2)3)43(58)52-21-15-16-33(52)44(59)51(12)34(23-30-17-19-31(62-13)20-18-30)45(60)63-29(8)38(42(57)49-37)50-46(61)65-47(9,10)11/h17-20,25-29,32-35,37-38,40,53H,14-16,21-24H2,1-13H3,(H,48,56)(H,49,57)(H,50,61)/t27-,28-,29+,32-,33?,34-,35-,37+,38-,40-/m0/s1. The van der Waals surface area contributed by atoms with Gasteiger partial charge in [-0.1, -0.05) is 60.1 Å². The van der Waals surface area contributed by atoms with Crippen LogP contribution in [-0.2, 0) is 54.2 Å². The number of aliphatic hydroxyl groups excluding tert-OH is 1. The molecule has 65 heavy (non-hydrogen) atoms.